The first-order chi connectivity index (χ1) is 24.0. The van der Waals surface area contributed by atoms with Crippen LogP contribution < -0.4 is 0 Å². The van der Waals surface area contributed by atoms with Crippen molar-refractivity contribution < 1.29 is 18.0 Å². The van der Waals surface area contributed by atoms with Gasteiger partial charge >= 0.3 is 0 Å². The molecule has 52 heavy (non-hydrogen) atoms. The van der Waals surface area contributed by atoms with Crippen LogP contribution in [0.2, 0.25) is 0 Å². The number of sulfone groups is 1. The van der Waals surface area contributed by atoms with E-state index in [0.29, 0.717) is 9.79 Å². The SMILES string of the molecule is C.CC1=C(C)C(C)=C(C)C1=O.Cc1ccc(C(=O)c2ccc(C)cc2)cc1.Cc1ccc(C)cc1.Cc1ccc(S(=O)(=O)c2ccc(C)cc2)cc1. The number of hydrogen-bond acceptors (Lipinski definition) is 4. The second kappa shape index (κ2) is 19.5. The Bertz CT molecular complexity index is 1970. The third kappa shape index (κ3) is 12.0. The minimum Gasteiger partial charge on any atom is -0.289 e. The van der Waals surface area contributed by atoms with Gasteiger partial charge in [0.2, 0.25) is 9.84 Å². The van der Waals surface area contributed by atoms with Crippen LogP contribution in [0, 0.1) is 41.5 Å². The van der Waals surface area contributed by atoms with Crippen LogP contribution in [0.4, 0.5) is 0 Å². The number of ketones is 2. The molecular weight excluding hydrogens is 661 g/mol. The van der Waals surface area contributed by atoms with Gasteiger partial charge in [0, 0.05) is 11.1 Å². The summed E-state index contributed by atoms with van der Waals surface area (Å²) in [7, 11) is -3.37. The molecule has 0 heterocycles. The van der Waals surface area contributed by atoms with Gasteiger partial charge in [-0.3, -0.25) is 9.59 Å². The molecule has 0 aliphatic heterocycles. The van der Waals surface area contributed by atoms with E-state index in [1.165, 1.54) is 22.3 Å². The standard InChI is InChI=1S/C15H14O.C14H14O2S.C9H12O.C8H10.CH4/c1-11-3-7-13(8-4-11)15(16)14-9-5-12(2)6-10-14;1-11-3-7-13(8-4-11)17(15,16)14-9-5-12(2)6-10-14;1-5-6(2)8(4)9(10)7(5)3;1-7-3-5-8(2)6-4-7;/h3-10H,1-2H3;3-10H,1-2H3;1-4H3;3-6H,1-2H3;1H4. The van der Waals surface area contributed by atoms with Crippen molar-refractivity contribution in [3.05, 3.63) is 188 Å². The molecule has 0 saturated heterocycles. The van der Waals surface area contributed by atoms with Crippen molar-refractivity contribution in [2.75, 3.05) is 0 Å². The smallest absolute Gasteiger partial charge is 0.206 e. The number of allylic oxidation sites excluding steroid dienone is 4. The lowest BCUT2D eigenvalue weighted by Crippen LogP contribution is -2.01. The molecule has 0 fully saturated rings. The molecule has 0 bridgehead atoms. The molecular formula is C47H54O4S. The topological polar surface area (TPSA) is 68.3 Å². The van der Waals surface area contributed by atoms with E-state index in [1.807, 2.05) is 104 Å². The Morgan fingerprint density at radius 3 is 0.788 bits per heavy atom. The molecule has 5 aromatic rings. The van der Waals surface area contributed by atoms with Gasteiger partial charge in [0.05, 0.1) is 9.79 Å². The van der Waals surface area contributed by atoms with Crippen molar-refractivity contribution in [1.82, 2.24) is 0 Å². The monoisotopic (exact) mass is 714 g/mol. The third-order valence-corrected chi connectivity index (χ3v) is 10.7. The van der Waals surface area contributed by atoms with Crippen molar-refractivity contribution in [3.8, 4) is 0 Å². The molecule has 0 aromatic heterocycles. The first-order valence-corrected chi connectivity index (χ1v) is 18.5. The fourth-order valence-electron chi connectivity index (χ4n) is 4.97. The largest absolute Gasteiger partial charge is 0.289 e. The molecule has 1 aliphatic rings. The summed E-state index contributed by atoms with van der Waals surface area (Å²) >= 11 is 0. The van der Waals surface area contributed by atoms with Gasteiger partial charge in [-0.25, -0.2) is 8.42 Å². The minimum atomic E-state index is -3.37. The first kappa shape index (κ1) is 43.0. The lowest BCUT2D eigenvalue weighted by Gasteiger charge is -2.05. The molecule has 1 aliphatic carbocycles. The van der Waals surface area contributed by atoms with Crippen LogP contribution in [0.3, 0.4) is 0 Å². The molecule has 5 aromatic carbocycles. The second-order valence-corrected chi connectivity index (χ2v) is 15.1. The predicted octanol–water partition coefficient (Wildman–Crippen LogP) is 11.9. The average Bonchev–Trinajstić information content (AvgIpc) is 3.28. The number of benzene rings is 5. The van der Waals surface area contributed by atoms with Crippen LogP contribution in [0.1, 0.15) is 84.4 Å². The van der Waals surface area contributed by atoms with Gasteiger partial charge in [0.15, 0.2) is 11.6 Å². The molecule has 0 spiro atoms. The third-order valence-electron chi connectivity index (χ3n) is 8.88. The maximum Gasteiger partial charge on any atom is 0.206 e. The van der Waals surface area contributed by atoms with E-state index in [-0.39, 0.29) is 19.0 Å². The Kier molecular flexibility index (Phi) is 16.1. The van der Waals surface area contributed by atoms with Crippen molar-refractivity contribution in [2.24, 2.45) is 0 Å². The number of rotatable bonds is 4. The predicted molar refractivity (Wildman–Crippen MR) is 218 cm³/mol. The summed E-state index contributed by atoms with van der Waals surface area (Å²) in [4.78, 5) is 24.0. The van der Waals surface area contributed by atoms with Crippen LogP contribution in [0.5, 0.6) is 0 Å². The van der Waals surface area contributed by atoms with Crippen LogP contribution in [0.15, 0.2) is 153 Å². The van der Waals surface area contributed by atoms with Crippen molar-refractivity contribution in [2.45, 2.75) is 86.5 Å². The highest BCUT2D eigenvalue weighted by atomic mass is 32.2. The fraction of sp³-hybridized carbons (Fsp3) is 0.234. The lowest BCUT2D eigenvalue weighted by atomic mass is 10.0. The number of hydrogen-bond donors (Lipinski definition) is 0. The number of carbonyl (C=O) groups is 2. The Labute approximate surface area is 312 Å². The van der Waals surface area contributed by atoms with Gasteiger partial charge in [-0.2, -0.15) is 0 Å². The van der Waals surface area contributed by atoms with E-state index in [0.717, 1.165) is 44.5 Å². The van der Waals surface area contributed by atoms with Gasteiger partial charge in [0.1, 0.15) is 0 Å². The minimum absolute atomic E-state index is 0. The van der Waals surface area contributed by atoms with E-state index in [1.54, 1.807) is 48.5 Å². The van der Waals surface area contributed by atoms with Crippen LogP contribution in [0.25, 0.3) is 0 Å². The van der Waals surface area contributed by atoms with Crippen LogP contribution in [-0.4, -0.2) is 20.0 Å². The molecule has 272 valence electrons. The summed E-state index contributed by atoms with van der Waals surface area (Å²) < 4.78 is 24.5. The van der Waals surface area contributed by atoms with E-state index in [4.69, 9.17) is 0 Å². The molecule has 0 unspecified atom stereocenters. The van der Waals surface area contributed by atoms with Gasteiger partial charge in [0.25, 0.3) is 0 Å². The van der Waals surface area contributed by atoms with E-state index in [2.05, 4.69) is 38.1 Å². The van der Waals surface area contributed by atoms with Crippen molar-refractivity contribution in [1.29, 1.82) is 0 Å². The molecule has 4 nitrogen and oxygen atoms in total. The molecule has 0 saturated carbocycles. The number of aryl methyl sites for hydroxylation is 6. The molecule has 0 atom stereocenters. The second-order valence-electron chi connectivity index (χ2n) is 13.2. The summed E-state index contributed by atoms with van der Waals surface area (Å²) in [6.45, 7) is 19.9. The number of carbonyl (C=O) groups excluding carboxylic acids is 2. The van der Waals surface area contributed by atoms with Gasteiger partial charge < -0.3 is 0 Å². The molecule has 6 rings (SSSR count). The van der Waals surface area contributed by atoms with Crippen LogP contribution in [-0.2, 0) is 14.6 Å². The van der Waals surface area contributed by atoms with Gasteiger partial charge in [-0.15, -0.1) is 0 Å². The van der Waals surface area contributed by atoms with Crippen LogP contribution >= 0.6 is 0 Å². The zero-order valence-electron chi connectivity index (χ0n) is 31.6. The molecule has 0 radical (unpaired) electrons. The maximum absolute atomic E-state index is 12.3. The van der Waals surface area contributed by atoms with E-state index >= 15 is 0 Å². The van der Waals surface area contributed by atoms with E-state index < -0.39 is 9.84 Å². The lowest BCUT2D eigenvalue weighted by molar-refractivity contribution is -0.112. The molecule has 0 amide bonds. The van der Waals surface area contributed by atoms with Crippen molar-refractivity contribution >= 4 is 21.4 Å². The van der Waals surface area contributed by atoms with Gasteiger partial charge in [-0.05, 0) is 116 Å². The Morgan fingerprint density at radius 1 is 0.365 bits per heavy atom. The van der Waals surface area contributed by atoms with Crippen molar-refractivity contribution in [3.63, 3.8) is 0 Å². The highest BCUT2D eigenvalue weighted by Crippen LogP contribution is 2.27. The van der Waals surface area contributed by atoms with E-state index in [9.17, 15) is 18.0 Å². The number of Topliss-reactive ketones (excluding diaryl/α,β-unsaturated/α-hetero) is 1. The Morgan fingerprint density at radius 2 is 0.577 bits per heavy atom. The molecule has 0 N–H and O–H groups in total. The zero-order chi connectivity index (χ0) is 37.9. The maximum atomic E-state index is 12.3. The molecule has 5 heteroatoms. The highest BCUT2D eigenvalue weighted by molar-refractivity contribution is 7.91. The summed E-state index contributed by atoms with van der Waals surface area (Å²) in [6.07, 6.45) is 0. The summed E-state index contributed by atoms with van der Waals surface area (Å²) in [5.41, 5.74) is 12.7. The first-order valence-electron chi connectivity index (χ1n) is 17.0. The summed E-state index contributed by atoms with van der Waals surface area (Å²) in [6, 6.07) is 37.6. The zero-order valence-corrected chi connectivity index (χ0v) is 32.4. The average molecular weight is 715 g/mol. The summed E-state index contributed by atoms with van der Waals surface area (Å²) in [5, 5.41) is 0. The Hall–Kier alpha value is -5.13. The Balaban J connectivity index is 0.000000248. The summed E-state index contributed by atoms with van der Waals surface area (Å²) in [5.74, 6) is 0.301. The normalized spacial score (nSPS) is 12.0. The quantitative estimate of drug-likeness (QED) is 0.174. The fourth-order valence-corrected chi connectivity index (χ4v) is 6.23. The van der Waals surface area contributed by atoms with Gasteiger partial charge in [-0.1, -0.05) is 138 Å². The highest BCUT2D eigenvalue weighted by Gasteiger charge is 2.20.